The van der Waals surface area contributed by atoms with Crippen LogP contribution >= 0.6 is 11.6 Å². The van der Waals surface area contributed by atoms with Crippen molar-refractivity contribution in [1.29, 1.82) is 0 Å². The lowest BCUT2D eigenvalue weighted by Crippen LogP contribution is -2.29. The molecule has 3 aromatic carbocycles. The van der Waals surface area contributed by atoms with E-state index in [0.29, 0.717) is 11.6 Å². The Bertz CT molecular complexity index is 1290. The summed E-state index contributed by atoms with van der Waals surface area (Å²) in [4.78, 5) is 0.273. The Labute approximate surface area is 188 Å². The lowest BCUT2D eigenvalue weighted by atomic mass is 9.77. The molecule has 1 aliphatic heterocycles. The van der Waals surface area contributed by atoms with Crippen molar-refractivity contribution in [2.45, 2.75) is 30.2 Å². The molecule has 158 valence electrons. The van der Waals surface area contributed by atoms with Gasteiger partial charge in [-0.05, 0) is 78.4 Å². The molecule has 2 aliphatic rings. The second-order valence-corrected chi connectivity index (χ2v) is 10.4. The van der Waals surface area contributed by atoms with Gasteiger partial charge in [-0.15, -0.1) is 0 Å². The number of hydrogen-bond acceptors (Lipinski definition) is 3. The minimum absolute atomic E-state index is 0.124. The summed E-state index contributed by atoms with van der Waals surface area (Å²) >= 11 is 6.24. The first-order chi connectivity index (χ1) is 14.9. The van der Waals surface area contributed by atoms with Crippen LogP contribution in [0.2, 0.25) is 5.02 Å². The number of hydrogen-bond donors (Lipinski definition) is 2. The third-order valence-corrected chi connectivity index (χ3v) is 7.74. The Morgan fingerprint density at radius 1 is 1.03 bits per heavy atom. The van der Waals surface area contributed by atoms with Gasteiger partial charge in [-0.1, -0.05) is 48.0 Å². The molecule has 0 saturated heterocycles. The van der Waals surface area contributed by atoms with Crippen LogP contribution < -0.4 is 10.0 Å². The zero-order chi connectivity index (χ0) is 21.6. The molecule has 0 radical (unpaired) electrons. The van der Waals surface area contributed by atoms with Gasteiger partial charge in [0.25, 0.3) is 10.0 Å². The van der Waals surface area contributed by atoms with E-state index >= 15 is 0 Å². The fourth-order valence-corrected chi connectivity index (χ4v) is 5.98. The molecule has 6 heteroatoms. The Balaban J connectivity index is 1.50. The van der Waals surface area contributed by atoms with Gasteiger partial charge in [0.2, 0.25) is 0 Å². The highest BCUT2D eigenvalue weighted by molar-refractivity contribution is 7.92. The fraction of sp³-hybridized carbons (Fsp3) is 0.200. The average molecular weight is 451 g/mol. The zero-order valence-electron chi connectivity index (χ0n) is 17.0. The van der Waals surface area contributed by atoms with E-state index in [9.17, 15) is 8.42 Å². The van der Waals surface area contributed by atoms with Crippen LogP contribution in [0.4, 0.5) is 11.4 Å². The van der Waals surface area contributed by atoms with Gasteiger partial charge in [0.15, 0.2) is 0 Å². The van der Waals surface area contributed by atoms with Crippen LogP contribution in [-0.4, -0.2) is 8.42 Å². The first-order valence-electron chi connectivity index (χ1n) is 10.3. The van der Waals surface area contributed by atoms with Crippen LogP contribution in [0.25, 0.3) is 0 Å². The van der Waals surface area contributed by atoms with E-state index in [1.807, 2.05) is 55.5 Å². The van der Waals surface area contributed by atoms with E-state index in [1.165, 1.54) is 0 Å². The van der Waals surface area contributed by atoms with Gasteiger partial charge in [0.1, 0.15) is 0 Å². The molecule has 0 amide bonds. The summed E-state index contributed by atoms with van der Waals surface area (Å²) in [6.45, 7) is 1.94. The second-order valence-electron chi connectivity index (χ2n) is 8.25. The summed E-state index contributed by atoms with van der Waals surface area (Å²) in [5, 5.41) is 4.35. The van der Waals surface area contributed by atoms with Crippen LogP contribution in [0.3, 0.4) is 0 Å². The van der Waals surface area contributed by atoms with Crippen molar-refractivity contribution in [3.05, 3.63) is 101 Å². The van der Waals surface area contributed by atoms with Crippen LogP contribution in [0, 0.1) is 12.8 Å². The van der Waals surface area contributed by atoms with E-state index in [2.05, 4.69) is 28.3 Å². The molecule has 5 rings (SSSR count). The second kappa shape index (κ2) is 7.74. The molecule has 1 heterocycles. The number of anilines is 2. The van der Waals surface area contributed by atoms with Crippen LogP contribution in [-0.2, 0) is 10.0 Å². The molecule has 3 atom stereocenters. The van der Waals surface area contributed by atoms with Gasteiger partial charge < -0.3 is 5.32 Å². The van der Waals surface area contributed by atoms with E-state index < -0.39 is 10.0 Å². The van der Waals surface area contributed by atoms with Crippen LogP contribution in [0.1, 0.15) is 35.1 Å². The Kier molecular flexibility index (Phi) is 5.03. The summed E-state index contributed by atoms with van der Waals surface area (Å²) in [6, 6.07) is 20.8. The molecule has 2 N–H and O–H groups in total. The molecule has 4 nitrogen and oxygen atoms in total. The summed E-state index contributed by atoms with van der Waals surface area (Å²) in [7, 11) is -3.68. The fourth-order valence-electron chi connectivity index (χ4n) is 4.69. The normalized spacial score (nSPS) is 21.8. The molecular weight excluding hydrogens is 428 g/mol. The molecule has 0 fully saturated rings. The predicted octanol–water partition coefficient (Wildman–Crippen LogP) is 6.28. The van der Waals surface area contributed by atoms with Crippen molar-refractivity contribution in [2.24, 2.45) is 5.92 Å². The Morgan fingerprint density at radius 3 is 2.68 bits per heavy atom. The van der Waals surface area contributed by atoms with Gasteiger partial charge in [0.05, 0.1) is 10.9 Å². The lowest BCUT2D eigenvalue weighted by Gasteiger charge is -2.37. The number of rotatable bonds is 4. The summed E-state index contributed by atoms with van der Waals surface area (Å²) in [6.07, 6.45) is 5.33. The third kappa shape index (κ3) is 3.84. The van der Waals surface area contributed by atoms with E-state index in [-0.39, 0.29) is 16.9 Å². The van der Waals surface area contributed by atoms with Crippen LogP contribution in [0.5, 0.6) is 0 Å². The predicted molar refractivity (Wildman–Crippen MR) is 126 cm³/mol. The van der Waals surface area contributed by atoms with Crippen molar-refractivity contribution in [3.63, 3.8) is 0 Å². The highest BCUT2D eigenvalue weighted by Crippen LogP contribution is 2.50. The number of allylic oxidation sites excluding steroid dienone is 2. The first-order valence-corrected chi connectivity index (χ1v) is 12.2. The first kappa shape index (κ1) is 20.2. The minimum atomic E-state index is -3.68. The van der Waals surface area contributed by atoms with Crippen LogP contribution in [0.15, 0.2) is 83.8 Å². The maximum absolute atomic E-state index is 13.0. The molecule has 0 saturated carbocycles. The average Bonchev–Trinajstić information content (AvgIpc) is 3.23. The molecule has 0 spiro atoms. The number of sulfonamides is 1. The molecule has 1 aliphatic carbocycles. The standard InChI is InChI=1S/C25H23ClN2O2S/c1-16-5-2-8-19(13-16)28-31(29,30)20-11-12-24-23(15-20)21-9-4-10-22(21)25(27-24)17-6-3-7-18(26)14-17/h2-9,11-15,21-22,25,27-28H,10H2,1H3/t21-,22-,25+/m1/s1. The number of fused-ring (bicyclic) bond motifs is 3. The number of aryl methyl sites for hydroxylation is 1. The molecule has 31 heavy (non-hydrogen) atoms. The highest BCUT2D eigenvalue weighted by Gasteiger charge is 2.38. The topological polar surface area (TPSA) is 58.2 Å². The lowest BCUT2D eigenvalue weighted by molar-refractivity contribution is 0.425. The Morgan fingerprint density at radius 2 is 1.87 bits per heavy atom. The van der Waals surface area contributed by atoms with Gasteiger partial charge in [0, 0.05) is 22.3 Å². The van der Waals surface area contributed by atoms with E-state index in [0.717, 1.165) is 33.8 Å². The summed E-state index contributed by atoms with van der Waals surface area (Å²) < 4.78 is 28.8. The largest absolute Gasteiger partial charge is 0.378 e. The van der Waals surface area contributed by atoms with Gasteiger partial charge in [-0.25, -0.2) is 8.42 Å². The van der Waals surface area contributed by atoms with Crippen molar-refractivity contribution in [1.82, 2.24) is 0 Å². The monoisotopic (exact) mass is 450 g/mol. The maximum Gasteiger partial charge on any atom is 0.261 e. The SMILES string of the molecule is Cc1cccc(NS(=O)(=O)c2ccc3c(c2)[C@@H]2C=CC[C@H]2[C@H](c2cccc(Cl)c2)N3)c1. The smallest absolute Gasteiger partial charge is 0.261 e. The van der Waals surface area contributed by atoms with E-state index in [4.69, 9.17) is 11.6 Å². The van der Waals surface area contributed by atoms with Gasteiger partial charge in [-0.2, -0.15) is 0 Å². The van der Waals surface area contributed by atoms with E-state index in [1.54, 1.807) is 12.1 Å². The minimum Gasteiger partial charge on any atom is -0.378 e. The molecule has 0 bridgehead atoms. The number of benzene rings is 3. The van der Waals surface area contributed by atoms with Crippen molar-refractivity contribution >= 4 is 33.0 Å². The van der Waals surface area contributed by atoms with Gasteiger partial charge in [-0.3, -0.25) is 4.72 Å². The number of nitrogens with one attached hydrogen (secondary N) is 2. The highest BCUT2D eigenvalue weighted by atomic mass is 35.5. The van der Waals surface area contributed by atoms with Crippen molar-refractivity contribution in [3.8, 4) is 0 Å². The van der Waals surface area contributed by atoms with Crippen molar-refractivity contribution in [2.75, 3.05) is 10.0 Å². The molecular formula is C25H23ClN2O2S. The van der Waals surface area contributed by atoms with Crippen molar-refractivity contribution < 1.29 is 8.42 Å². The zero-order valence-corrected chi connectivity index (χ0v) is 18.6. The number of halogens is 1. The third-order valence-electron chi connectivity index (χ3n) is 6.12. The maximum atomic E-state index is 13.0. The van der Waals surface area contributed by atoms with Gasteiger partial charge >= 0.3 is 0 Å². The quantitative estimate of drug-likeness (QED) is 0.460. The molecule has 0 unspecified atom stereocenters. The molecule has 0 aromatic heterocycles. The summed E-state index contributed by atoms with van der Waals surface area (Å²) in [5.41, 5.74) is 4.70. The summed E-state index contributed by atoms with van der Waals surface area (Å²) in [5.74, 6) is 0.475. The Hall–Kier alpha value is -2.76. The molecule has 3 aromatic rings.